The first kappa shape index (κ1) is 15.8. The number of aryl methyl sites for hydroxylation is 2. The summed E-state index contributed by atoms with van der Waals surface area (Å²) in [6.45, 7) is 5.36. The fourth-order valence-corrected chi connectivity index (χ4v) is 4.32. The van der Waals surface area contributed by atoms with Crippen LogP contribution >= 0.6 is 0 Å². The van der Waals surface area contributed by atoms with Gasteiger partial charge in [-0.1, -0.05) is 0 Å². The van der Waals surface area contributed by atoms with Gasteiger partial charge >= 0.3 is 0 Å². The van der Waals surface area contributed by atoms with E-state index in [0.29, 0.717) is 17.1 Å². The van der Waals surface area contributed by atoms with Crippen molar-refractivity contribution in [3.63, 3.8) is 0 Å². The number of hydrogen-bond acceptors (Lipinski definition) is 5. The summed E-state index contributed by atoms with van der Waals surface area (Å²) in [6.07, 6.45) is 5.17. The van der Waals surface area contributed by atoms with Crippen LogP contribution < -0.4 is 9.62 Å². The highest BCUT2D eigenvalue weighted by Crippen LogP contribution is 2.22. The number of aromatic nitrogens is 3. The van der Waals surface area contributed by atoms with E-state index in [2.05, 4.69) is 24.8 Å². The molecule has 3 rings (SSSR count). The van der Waals surface area contributed by atoms with E-state index in [0.717, 1.165) is 18.9 Å². The molecule has 7 nitrogen and oxygen atoms in total. The van der Waals surface area contributed by atoms with Crippen molar-refractivity contribution in [3.05, 3.63) is 29.7 Å². The Hall–Kier alpha value is -2.09. The normalized spacial score (nSPS) is 15.7. The number of pyridine rings is 1. The van der Waals surface area contributed by atoms with Gasteiger partial charge in [0, 0.05) is 13.1 Å². The number of H-pyrrole nitrogens is 1. The van der Waals surface area contributed by atoms with Gasteiger partial charge in [0.2, 0.25) is 0 Å². The molecule has 0 unspecified atom stereocenters. The van der Waals surface area contributed by atoms with Gasteiger partial charge in [-0.2, -0.15) is 5.10 Å². The SMILES string of the molecule is Cc1n[nH]c(C)c1S(=O)(=O)Nc1ccc(N2CCCCC2)nc1. The van der Waals surface area contributed by atoms with E-state index >= 15 is 0 Å². The topological polar surface area (TPSA) is 91.0 Å². The fourth-order valence-electron chi connectivity index (χ4n) is 2.90. The van der Waals surface area contributed by atoms with Gasteiger partial charge in [-0.25, -0.2) is 13.4 Å². The van der Waals surface area contributed by atoms with Crippen LogP contribution in [0.3, 0.4) is 0 Å². The molecule has 0 aliphatic carbocycles. The maximum atomic E-state index is 12.5. The van der Waals surface area contributed by atoms with Crippen molar-refractivity contribution in [2.45, 2.75) is 38.0 Å². The lowest BCUT2D eigenvalue weighted by molar-refractivity contribution is 0.573. The summed E-state index contributed by atoms with van der Waals surface area (Å²) in [4.78, 5) is 6.81. The molecule has 0 amide bonds. The molecule has 0 atom stereocenters. The lowest BCUT2D eigenvalue weighted by Gasteiger charge is -2.27. The Morgan fingerprint density at radius 2 is 1.91 bits per heavy atom. The molecule has 0 saturated carbocycles. The van der Waals surface area contributed by atoms with Crippen LogP contribution in [-0.2, 0) is 10.0 Å². The minimum absolute atomic E-state index is 0.192. The van der Waals surface area contributed by atoms with Crippen LogP contribution in [0.1, 0.15) is 30.7 Å². The number of aromatic amines is 1. The number of anilines is 2. The molecule has 124 valence electrons. The van der Waals surface area contributed by atoms with Crippen molar-refractivity contribution >= 4 is 21.5 Å². The molecule has 2 aromatic heterocycles. The Kier molecular flexibility index (Phi) is 4.25. The number of hydrogen-bond donors (Lipinski definition) is 2. The van der Waals surface area contributed by atoms with Crippen molar-refractivity contribution in [1.29, 1.82) is 0 Å². The lowest BCUT2D eigenvalue weighted by Crippen LogP contribution is -2.30. The number of nitrogens with zero attached hydrogens (tertiary/aromatic N) is 3. The van der Waals surface area contributed by atoms with Gasteiger partial charge in [0.15, 0.2) is 0 Å². The quantitative estimate of drug-likeness (QED) is 0.894. The van der Waals surface area contributed by atoms with Gasteiger partial charge in [0.1, 0.15) is 10.7 Å². The smallest absolute Gasteiger partial charge is 0.265 e. The molecule has 1 aliphatic heterocycles. The van der Waals surface area contributed by atoms with E-state index in [1.54, 1.807) is 26.1 Å². The molecule has 0 spiro atoms. The standard InChI is InChI=1S/C15H21N5O2S/c1-11-15(12(2)18-17-11)23(21,22)19-13-6-7-14(16-10-13)20-8-4-3-5-9-20/h6-7,10,19H,3-5,8-9H2,1-2H3,(H,17,18). The second kappa shape index (κ2) is 6.19. The molecular formula is C15H21N5O2S. The first-order chi connectivity index (χ1) is 11.0. The molecule has 2 N–H and O–H groups in total. The van der Waals surface area contributed by atoms with Gasteiger partial charge < -0.3 is 4.90 Å². The summed E-state index contributed by atoms with van der Waals surface area (Å²) in [7, 11) is -3.67. The third-order valence-electron chi connectivity index (χ3n) is 4.01. The average molecular weight is 335 g/mol. The average Bonchev–Trinajstić information content (AvgIpc) is 2.88. The van der Waals surface area contributed by atoms with Gasteiger partial charge in [0.05, 0.1) is 23.3 Å². The van der Waals surface area contributed by atoms with Gasteiger partial charge in [0.25, 0.3) is 10.0 Å². The molecule has 0 aromatic carbocycles. The molecular weight excluding hydrogens is 314 g/mol. The third kappa shape index (κ3) is 3.31. The van der Waals surface area contributed by atoms with Crippen LogP contribution in [0.4, 0.5) is 11.5 Å². The fraction of sp³-hybridized carbons (Fsp3) is 0.467. The predicted molar refractivity (Wildman–Crippen MR) is 89.2 cm³/mol. The van der Waals surface area contributed by atoms with Crippen molar-refractivity contribution < 1.29 is 8.42 Å². The summed E-state index contributed by atoms with van der Waals surface area (Å²) in [5, 5.41) is 6.62. The van der Waals surface area contributed by atoms with Crippen molar-refractivity contribution in [3.8, 4) is 0 Å². The van der Waals surface area contributed by atoms with Gasteiger partial charge in [-0.05, 0) is 45.2 Å². The van der Waals surface area contributed by atoms with E-state index in [-0.39, 0.29) is 4.90 Å². The highest BCUT2D eigenvalue weighted by Gasteiger charge is 2.22. The molecule has 2 aromatic rings. The molecule has 23 heavy (non-hydrogen) atoms. The predicted octanol–water partition coefficient (Wildman–Crippen LogP) is 2.21. The first-order valence-electron chi connectivity index (χ1n) is 7.73. The molecule has 0 bridgehead atoms. The maximum absolute atomic E-state index is 12.5. The number of sulfonamides is 1. The van der Waals surface area contributed by atoms with Crippen LogP contribution in [0.25, 0.3) is 0 Å². The van der Waals surface area contributed by atoms with Crippen molar-refractivity contribution in [1.82, 2.24) is 15.2 Å². The largest absolute Gasteiger partial charge is 0.357 e. The summed E-state index contributed by atoms with van der Waals surface area (Å²) in [6, 6.07) is 3.61. The van der Waals surface area contributed by atoms with Crippen LogP contribution in [0.5, 0.6) is 0 Å². The van der Waals surface area contributed by atoms with Crippen LogP contribution in [0.2, 0.25) is 0 Å². The van der Waals surface area contributed by atoms with E-state index in [9.17, 15) is 8.42 Å². The zero-order valence-corrected chi connectivity index (χ0v) is 14.2. The van der Waals surface area contributed by atoms with Gasteiger partial charge in [-0.3, -0.25) is 9.82 Å². The zero-order valence-electron chi connectivity index (χ0n) is 13.3. The molecule has 1 saturated heterocycles. The molecule has 3 heterocycles. The Labute approximate surface area is 136 Å². The Bertz CT molecular complexity index is 757. The third-order valence-corrected chi connectivity index (χ3v) is 5.65. The summed E-state index contributed by atoms with van der Waals surface area (Å²) < 4.78 is 27.5. The molecule has 0 radical (unpaired) electrons. The Morgan fingerprint density at radius 1 is 1.17 bits per heavy atom. The van der Waals surface area contributed by atoms with E-state index < -0.39 is 10.0 Å². The molecule has 1 fully saturated rings. The van der Waals surface area contributed by atoms with Crippen LogP contribution in [0.15, 0.2) is 23.2 Å². The second-order valence-corrected chi connectivity index (χ2v) is 7.44. The van der Waals surface area contributed by atoms with E-state index in [4.69, 9.17) is 0 Å². The van der Waals surface area contributed by atoms with E-state index in [1.165, 1.54) is 19.3 Å². The lowest BCUT2D eigenvalue weighted by atomic mass is 10.1. The van der Waals surface area contributed by atoms with Crippen molar-refractivity contribution in [2.75, 3.05) is 22.7 Å². The Morgan fingerprint density at radius 3 is 2.48 bits per heavy atom. The summed E-state index contributed by atoms with van der Waals surface area (Å²) in [5.41, 5.74) is 1.42. The molecule has 8 heteroatoms. The van der Waals surface area contributed by atoms with Crippen LogP contribution in [0, 0.1) is 13.8 Å². The summed E-state index contributed by atoms with van der Waals surface area (Å²) >= 11 is 0. The number of rotatable bonds is 4. The van der Waals surface area contributed by atoms with Gasteiger partial charge in [-0.15, -0.1) is 0 Å². The zero-order chi connectivity index (χ0) is 16.4. The highest BCUT2D eigenvalue weighted by molar-refractivity contribution is 7.92. The highest BCUT2D eigenvalue weighted by atomic mass is 32.2. The van der Waals surface area contributed by atoms with Crippen molar-refractivity contribution in [2.24, 2.45) is 0 Å². The monoisotopic (exact) mass is 335 g/mol. The minimum Gasteiger partial charge on any atom is -0.357 e. The van der Waals surface area contributed by atoms with Crippen LogP contribution in [-0.4, -0.2) is 36.7 Å². The second-order valence-electron chi connectivity index (χ2n) is 5.82. The summed E-state index contributed by atoms with van der Waals surface area (Å²) in [5.74, 6) is 0.892. The number of nitrogens with one attached hydrogen (secondary N) is 2. The number of piperidine rings is 1. The van der Waals surface area contributed by atoms with E-state index in [1.807, 2.05) is 6.07 Å². The Balaban J connectivity index is 1.78. The minimum atomic E-state index is -3.67. The first-order valence-corrected chi connectivity index (χ1v) is 9.21. The maximum Gasteiger partial charge on any atom is 0.265 e. The molecule has 1 aliphatic rings.